The summed E-state index contributed by atoms with van der Waals surface area (Å²) in [5.41, 5.74) is 2.97. The van der Waals surface area contributed by atoms with Crippen molar-refractivity contribution in [3.05, 3.63) is 54.1 Å². The molecule has 2 unspecified atom stereocenters. The monoisotopic (exact) mass is 560 g/mol. The molecule has 4 rings (SSSR count). The first-order valence-corrected chi connectivity index (χ1v) is 15.4. The number of hydrogen-bond acceptors (Lipinski definition) is 7. The number of carboxylic acid groups (broad SMARTS) is 1. The van der Waals surface area contributed by atoms with E-state index < -0.39 is 26.8 Å². The Hall–Kier alpha value is -2.40. The molecule has 2 aromatic rings. The van der Waals surface area contributed by atoms with Gasteiger partial charge in [0, 0.05) is 30.1 Å². The third-order valence-electron chi connectivity index (χ3n) is 7.25. The van der Waals surface area contributed by atoms with Crippen LogP contribution >= 0.6 is 11.8 Å². The Labute approximate surface area is 229 Å². The summed E-state index contributed by atoms with van der Waals surface area (Å²) in [5.74, 6) is -0.775. The Morgan fingerprint density at radius 3 is 2.29 bits per heavy atom. The molecule has 1 N–H and O–H groups in total. The first kappa shape index (κ1) is 28.6. The van der Waals surface area contributed by atoms with Gasteiger partial charge in [-0.05, 0) is 69.0 Å². The van der Waals surface area contributed by atoms with Crippen molar-refractivity contribution < 1.29 is 27.9 Å². The third kappa shape index (κ3) is 6.25. The zero-order valence-corrected chi connectivity index (χ0v) is 23.8. The first-order valence-electron chi connectivity index (χ1n) is 13.0. The predicted molar refractivity (Wildman–Crippen MR) is 148 cm³/mol. The molecule has 2 aliphatic heterocycles. The SMILES string of the molecule is CCOC(=O)C1CCCN(Cc2ccc(-c3ccc(S(=O)(=O)N4CCSC(C)(C)C4C(=O)O)cc3)cc2)C1. The number of rotatable bonds is 8. The van der Waals surface area contributed by atoms with Crippen molar-refractivity contribution in [3.8, 4) is 11.1 Å². The minimum atomic E-state index is -3.96. The van der Waals surface area contributed by atoms with Crippen molar-refractivity contribution in [1.82, 2.24) is 9.21 Å². The zero-order valence-electron chi connectivity index (χ0n) is 22.1. The second-order valence-electron chi connectivity index (χ2n) is 10.4. The van der Waals surface area contributed by atoms with Crippen LogP contribution in [0.4, 0.5) is 0 Å². The standard InChI is InChI=1S/C28H36N2O6S2/c1-4-36-27(33)23-6-5-15-29(19-23)18-20-7-9-21(10-8-20)22-11-13-24(14-12-22)38(34,35)30-16-17-37-28(2,3)25(30)26(31)32/h7-14,23,25H,4-6,15-19H2,1-3H3,(H,31,32). The number of carboxylic acids is 1. The second-order valence-corrected chi connectivity index (χ2v) is 14.0. The lowest BCUT2D eigenvalue weighted by molar-refractivity contribution is -0.150. The lowest BCUT2D eigenvalue weighted by Crippen LogP contribution is -2.58. The summed E-state index contributed by atoms with van der Waals surface area (Å²) in [5, 5.41) is 9.79. The van der Waals surface area contributed by atoms with Crippen LogP contribution in [0.3, 0.4) is 0 Å². The molecule has 0 aromatic heterocycles. The Balaban J connectivity index is 1.44. The third-order valence-corrected chi connectivity index (χ3v) is 10.5. The molecule has 2 aliphatic rings. The van der Waals surface area contributed by atoms with E-state index in [0.717, 1.165) is 46.9 Å². The highest BCUT2D eigenvalue weighted by Gasteiger charge is 2.48. The average molecular weight is 561 g/mol. The van der Waals surface area contributed by atoms with Crippen LogP contribution in [-0.4, -0.2) is 77.5 Å². The molecule has 38 heavy (non-hydrogen) atoms. The van der Waals surface area contributed by atoms with Gasteiger partial charge in [-0.3, -0.25) is 14.5 Å². The smallest absolute Gasteiger partial charge is 0.323 e. The lowest BCUT2D eigenvalue weighted by Gasteiger charge is -2.42. The summed E-state index contributed by atoms with van der Waals surface area (Å²) in [7, 11) is -3.96. The Kier molecular flexibility index (Phi) is 8.86. The number of aliphatic carboxylic acids is 1. The van der Waals surface area contributed by atoms with Crippen molar-refractivity contribution in [1.29, 1.82) is 0 Å². The summed E-state index contributed by atoms with van der Waals surface area (Å²) in [6.07, 6.45) is 1.84. The summed E-state index contributed by atoms with van der Waals surface area (Å²) in [6.45, 7) is 8.34. The molecule has 206 valence electrons. The van der Waals surface area contributed by atoms with Gasteiger partial charge in [0.05, 0.1) is 17.4 Å². The average Bonchev–Trinajstić information content (AvgIpc) is 2.88. The molecule has 8 nitrogen and oxygen atoms in total. The van der Waals surface area contributed by atoms with Crippen molar-refractivity contribution in [2.45, 2.75) is 55.8 Å². The topological polar surface area (TPSA) is 104 Å². The predicted octanol–water partition coefficient (Wildman–Crippen LogP) is 4.10. The van der Waals surface area contributed by atoms with E-state index in [1.54, 1.807) is 38.1 Å². The fourth-order valence-electron chi connectivity index (χ4n) is 5.30. The van der Waals surface area contributed by atoms with Gasteiger partial charge in [0.15, 0.2) is 0 Å². The quantitative estimate of drug-likeness (QED) is 0.482. The number of hydrogen-bond donors (Lipinski definition) is 1. The maximum atomic E-state index is 13.4. The normalized spacial score (nSPS) is 22.6. The van der Waals surface area contributed by atoms with E-state index in [1.165, 1.54) is 11.8 Å². The maximum absolute atomic E-state index is 13.4. The number of thioether (sulfide) groups is 1. The minimum absolute atomic E-state index is 0.0710. The van der Waals surface area contributed by atoms with Crippen molar-refractivity contribution in [3.63, 3.8) is 0 Å². The number of nitrogens with zero attached hydrogens (tertiary/aromatic N) is 2. The van der Waals surface area contributed by atoms with Gasteiger partial charge in [-0.2, -0.15) is 16.1 Å². The van der Waals surface area contributed by atoms with Crippen LogP contribution < -0.4 is 0 Å². The zero-order chi connectivity index (χ0) is 27.5. The van der Waals surface area contributed by atoms with Gasteiger partial charge in [0.2, 0.25) is 10.0 Å². The van der Waals surface area contributed by atoms with Crippen LogP contribution in [0.25, 0.3) is 11.1 Å². The molecule has 2 aromatic carbocycles. The fourth-order valence-corrected chi connectivity index (χ4v) is 8.40. The van der Waals surface area contributed by atoms with Crippen LogP contribution in [-0.2, 0) is 30.9 Å². The molecule has 0 amide bonds. The summed E-state index contributed by atoms with van der Waals surface area (Å²) in [4.78, 5) is 26.5. The van der Waals surface area contributed by atoms with Crippen LogP contribution in [0, 0.1) is 5.92 Å². The molecule has 2 heterocycles. The number of carbonyl (C=O) groups is 2. The van der Waals surface area contributed by atoms with E-state index in [9.17, 15) is 23.1 Å². The van der Waals surface area contributed by atoms with Crippen molar-refractivity contribution >= 4 is 33.7 Å². The number of ether oxygens (including phenoxy) is 1. The van der Waals surface area contributed by atoms with E-state index in [0.29, 0.717) is 18.9 Å². The molecule has 0 bridgehead atoms. The van der Waals surface area contributed by atoms with Gasteiger partial charge in [0.1, 0.15) is 6.04 Å². The van der Waals surface area contributed by atoms with Crippen LogP contribution in [0.2, 0.25) is 0 Å². The highest BCUT2D eigenvalue weighted by Crippen LogP contribution is 2.38. The molecule has 2 saturated heterocycles. The maximum Gasteiger partial charge on any atom is 0.323 e. The minimum Gasteiger partial charge on any atom is -0.480 e. The molecular formula is C28H36N2O6S2. The molecule has 2 atom stereocenters. The molecule has 10 heteroatoms. The van der Waals surface area contributed by atoms with Gasteiger partial charge < -0.3 is 9.84 Å². The molecule has 0 saturated carbocycles. The van der Waals surface area contributed by atoms with Gasteiger partial charge in [-0.1, -0.05) is 36.4 Å². The van der Waals surface area contributed by atoms with Crippen LogP contribution in [0.5, 0.6) is 0 Å². The van der Waals surface area contributed by atoms with Crippen molar-refractivity contribution in [2.75, 3.05) is 32.0 Å². The molecular weight excluding hydrogens is 524 g/mol. The second kappa shape index (κ2) is 11.8. The first-order chi connectivity index (χ1) is 18.0. The fraction of sp³-hybridized carbons (Fsp3) is 0.500. The van der Waals surface area contributed by atoms with Gasteiger partial charge in [-0.15, -0.1) is 0 Å². The Morgan fingerprint density at radius 1 is 1.05 bits per heavy atom. The molecule has 2 fully saturated rings. The molecule has 0 radical (unpaired) electrons. The number of benzene rings is 2. The lowest BCUT2D eigenvalue weighted by atomic mass is 9.97. The van der Waals surface area contributed by atoms with Gasteiger partial charge in [-0.25, -0.2) is 8.42 Å². The highest BCUT2D eigenvalue weighted by molar-refractivity contribution is 8.00. The largest absolute Gasteiger partial charge is 0.480 e. The number of carbonyl (C=O) groups excluding carboxylic acids is 1. The number of likely N-dealkylation sites (tertiary alicyclic amines) is 1. The summed E-state index contributed by atoms with van der Waals surface area (Å²) < 4.78 is 32.4. The summed E-state index contributed by atoms with van der Waals surface area (Å²) >= 11 is 1.48. The van der Waals surface area contributed by atoms with E-state index >= 15 is 0 Å². The van der Waals surface area contributed by atoms with E-state index in [-0.39, 0.29) is 23.3 Å². The molecule has 0 aliphatic carbocycles. The number of piperidine rings is 1. The highest BCUT2D eigenvalue weighted by atomic mass is 32.2. The van der Waals surface area contributed by atoms with Crippen molar-refractivity contribution in [2.24, 2.45) is 5.92 Å². The summed E-state index contributed by atoms with van der Waals surface area (Å²) in [6, 6.07) is 13.6. The molecule has 0 spiro atoms. The van der Waals surface area contributed by atoms with E-state index in [2.05, 4.69) is 17.0 Å². The van der Waals surface area contributed by atoms with Crippen LogP contribution in [0.1, 0.15) is 39.2 Å². The van der Waals surface area contributed by atoms with E-state index in [1.807, 2.05) is 19.1 Å². The number of esters is 1. The van der Waals surface area contributed by atoms with Gasteiger partial charge in [0.25, 0.3) is 0 Å². The Bertz CT molecular complexity index is 1250. The van der Waals surface area contributed by atoms with E-state index in [4.69, 9.17) is 4.74 Å². The van der Waals surface area contributed by atoms with Gasteiger partial charge >= 0.3 is 11.9 Å². The number of sulfonamides is 1. The van der Waals surface area contributed by atoms with Crippen LogP contribution in [0.15, 0.2) is 53.4 Å². The Morgan fingerprint density at radius 2 is 1.68 bits per heavy atom.